The minimum Gasteiger partial charge on any atom is -0.455 e. The van der Waals surface area contributed by atoms with Gasteiger partial charge in [-0.25, -0.2) is 9.97 Å². The van der Waals surface area contributed by atoms with Crippen molar-refractivity contribution in [1.29, 1.82) is 0 Å². The molecule has 0 aliphatic carbocycles. The molecule has 4 heterocycles. The number of aromatic nitrogens is 2. The molecule has 4 rings (SSSR count). The predicted molar refractivity (Wildman–Crippen MR) is 125 cm³/mol. The number of rotatable bonds is 8. The van der Waals surface area contributed by atoms with E-state index in [1.165, 1.54) is 11.8 Å². The predicted octanol–water partition coefficient (Wildman–Crippen LogP) is 2.50. The van der Waals surface area contributed by atoms with E-state index < -0.39 is 0 Å². The van der Waals surface area contributed by atoms with E-state index >= 15 is 0 Å². The van der Waals surface area contributed by atoms with Gasteiger partial charge in [-0.15, -0.1) is 0 Å². The van der Waals surface area contributed by atoms with Crippen LogP contribution in [0, 0.1) is 0 Å². The molecule has 2 saturated heterocycles. The standard InChI is InChI=1S/C23H31N5O4S/c1-3-17-13-21(28-10-8-27(9-11-28)16(2)29)26-23(25-17)33-15-19-6-7-20(32-19)22(30)24-14-18-5-4-12-31-18/h6-7,13,18H,3-5,8-12,14-15H2,1-2H3,(H,24,30). The molecule has 178 valence electrons. The number of hydrogen-bond acceptors (Lipinski definition) is 8. The lowest BCUT2D eigenvalue weighted by Crippen LogP contribution is -2.48. The largest absolute Gasteiger partial charge is 0.455 e. The Kier molecular flexibility index (Phi) is 7.87. The monoisotopic (exact) mass is 473 g/mol. The average Bonchev–Trinajstić information content (AvgIpc) is 3.53. The minimum absolute atomic E-state index is 0.0987. The molecule has 2 aromatic heterocycles. The zero-order valence-electron chi connectivity index (χ0n) is 19.2. The molecule has 1 unspecified atom stereocenters. The summed E-state index contributed by atoms with van der Waals surface area (Å²) in [6.07, 6.45) is 2.93. The molecule has 9 nitrogen and oxygen atoms in total. The number of carbonyl (C=O) groups is 2. The number of nitrogens with zero attached hydrogens (tertiary/aromatic N) is 4. The van der Waals surface area contributed by atoms with Crippen molar-refractivity contribution in [2.45, 2.75) is 50.1 Å². The van der Waals surface area contributed by atoms with Crippen LogP contribution in [0.1, 0.15) is 48.7 Å². The number of carbonyl (C=O) groups excluding carboxylic acids is 2. The molecule has 2 aliphatic heterocycles. The summed E-state index contributed by atoms with van der Waals surface area (Å²) >= 11 is 1.49. The van der Waals surface area contributed by atoms with Gasteiger partial charge in [-0.1, -0.05) is 18.7 Å². The molecule has 2 aliphatic rings. The van der Waals surface area contributed by atoms with E-state index in [9.17, 15) is 9.59 Å². The Bertz CT molecular complexity index is 968. The van der Waals surface area contributed by atoms with Crippen LogP contribution >= 0.6 is 11.8 Å². The van der Waals surface area contributed by atoms with Crippen molar-refractivity contribution in [2.24, 2.45) is 0 Å². The first-order chi connectivity index (χ1) is 16.0. The highest BCUT2D eigenvalue weighted by molar-refractivity contribution is 7.98. The van der Waals surface area contributed by atoms with E-state index in [1.807, 2.05) is 17.0 Å². The van der Waals surface area contributed by atoms with Crippen molar-refractivity contribution >= 4 is 29.4 Å². The zero-order valence-corrected chi connectivity index (χ0v) is 20.0. The summed E-state index contributed by atoms with van der Waals surface area (Å²) in [5, 5.41) is 3.56. The van der Waals surface area contributed by atoms with Gasteiger partial charge >= 0.3 is 0 Å². The number of ether oxygens (including phenoxy) is 1. The lowest BCUT2D eigenvalue weighted by molar-refractivity contribution is -0.129. The first-order valence-electron chi connectivity index (χ1n) is 11.5. The maximum atomic E-state index is 12.3. The summed E-state index contributed by atoms with van der Waals surface area (Å²) in [4.78, 5) is 37.4. The van der Waals surface area contributed by atoms with E-state index in [0.29, 0.717) is 42.1 Å². The molecule has 1 N–H and O–H groups in total. The molecular formula is C23H31N5O4S. The molecule has 0 aromatic carbocycles. The summed E-state index contributed by atoms with van der Waals surface area (Å²) < 4.78 is 11.3. The molecule has 2 amide bonds. The van der Waals surface area contributed by atoms with Crippen LogP contribution in [0.5, 0.6) is 0 Å². The number of anilines is 1. The Labute approximate surface area is 198 Å². The van der Waals surface area contributed by atoms with E-state index in [0.717, 1.165) is 50.5 Å². The van der Waals surface area contributed by atoms with Crippen LogP contribution < -0.4 is 10.2 Å². The van der Waals surface area contributed by atoms with Gasteiger partial charge in [-0.2, -0.15) is 0 Å². The molecule has 2 aromatic rings. The fraction of sp³-hybridized carbons (Fsp3) is 0.565. The smallest absolute Gasteiger partial charge is 0.287 e. The maximum absolute atomic E-state index is 12.3. The van der Waals surface area contributed by atoms with Gasteiger partial charge in [0.25, 0.3) is 5.91 Å². The second kappa shape index (κ2) is 11.0. The molecule has 2 fully saturated rings. The van der Waals surface area contributed by atoms with Crippen molar-refractivity contribution in [3.05, 3.63) is 35.4 Å². The molecule has 10 heteroatoms. The van der Waals surface area contributed by atoms with Crippen molar-refractivity contribution < 1.29 is 18.7 Å². The third-order valence-corrected chi connectivity index (χ3v) is 6.77. The SMILES string of the molecule is CCc1cc(N2CCN(C(C)=O)CC2)nc(SCc2ccc(C(=O)NCC3CCCO3)o2)n1. The number of amides is 2. The Balaban J connectivity index is 1.34. The van der Waals surface area contributed by atoms with Gasteiger partial charge in [0.05, 0.1) is 11.9 Å². The third-order valence-electron chi connectivity index (χ3n) is 5.90. The number of nitrogens with one attached hydrogen (secondary N) is 1. The summed E-state index contributed by atoms with van der Waals surface area (Å²) in [6, 6.07) is 5.54. The molecule has 0 bridgehead atoms. The van der Waals surface area contributed by atoms with Crippen LogP contribution in [0.3, 0.4) is 0 Å². The Hall–Kier alpha value is -2.59. The van der Waals surface area contributed by atoms with Crippen LogP contribution in [0.2, 0.25) is 0 Å². The normalized spacial score (nSPS) is 18.5. The van der Waals surface area contributed by atoms with Gasteiger partial charge in [-0.3, -0.25) is 9.59 Å². The summed E-state index contributed by atoms with van der Waals surface area (Å²) in [5.74, 6) is 2.31. The second-order valence-corrected chi connectivity index (χ2v) is 9.19. The van der Waals surface area contributed by atoms with Crippen LogP contribution in [-0.2, 0) is 21.7 Å². The molecule has 33 heavy (non-hydrogen) atoms. The van der Waals surface area contributed by atoms with E-state index in [2.05, 4.69) is 22.1 Å². The fourth-order valence-electron chi connectivity index (χ4n) is 3.93. The van der Waals surface area contributed by atoms with E-state index in [-0.39, 0.29) is 17.9 Å². The molecular weight excluding hydrogens is 442 g/mol. The number of hydrogen-bond donors (Lipinski definition) is 1. The lowest BCUT2D eigenvalue weighted by atomic mass is 10.2. The third kappa shape index (κ3) is 6.26. The number of furan rings is 1. The van der Waals surface area contributed by atoms with Crippen molar-refractivity contribution in [3.63, 3.8) is 0 Å². The molecule has 1 atom stereocenters. The summed E-state index contributed by atoms with van der Waals surface area (Å²) in [7, 11) is 0. The van der Waals surface area contributed by atoms with Crippen molar-refractivity contribution in [2.75, 3.05) is 44.2 Å². The van der Waals surface area contributed by atoms with Crippen LogP contribution in [0.25, 0.3) is 0 Å². The quantitative estimate of drug-likeness (QED) is 0.461. The highest BCUT2D eigenvalue weighted by Crippen LogP contribution is 2.25. The minimum atomic E-state index is -0.224. The van der Waals surface area contributed by atoms with Gasteiger partial charge in [0, 0.05) is 58.0 Å². The van der Waals surface area contributed by atoms with Crippen molar-refractivity contribution in [1.82, 2.24) is 20.2 Å². The highest BCUT2D eigenvalue weighted by Gasteiger charge is 2.21. The number of piperazine rings is 1. The molecule has 0 saturated carbocycles. The summed E-state index contributed by atoms with van der Waals surface area (Å²) in [6.45, 7) is 7.87. The van der Waals surface area contributed by atoms with Gasteiger partial charge in [0.1, 0.15) is 11.6 Å². The maximum Gasteiger partial charge on any atom is 0.287 e. The molecule has 0 radical (unpaired) electrons. The van der Waals surface area contributed by atoms with Gasteiger partial charge in [-0.05, 0) is 31.4 Å². The van der Waals surface area contributed by atoms with Crippen LogP contribution in [-0.4, -0.2) is 72.1 Å². The first-order valence-corrected chi connectivity index (χ1v) is 12.5. The van der Waals surface area contributed by atoms with E-state index in [1.54, 1.807) is 13.0 Å². The van der Waals surface area contributed by atoms with Crippen LogP contribution in [0.15, 0.2) is 27.8 Å². The highest BCUT2D eigenvalue weighted by atomic mass is 32.2. The van der Waals surface area contributed by atoms with Gasteiger partial charge < -0.3 is 24.3 Å². The summed E-state index contributed by atoms with van der Waals surface area (Å²) in [5.41, 5.74) is 0.977. The lowest BCUT2D eigenvalue weighted by Gasteiger charge is -2.35. The Morgan fingerprint density at radius 3 is 2.73 bits per heavy atom. The topological polar surface area (TPSA) is 101 Å². The Morgan fingerprint density at radius 1 is 1.21 bits per heavy atom. The van der Waals surface area contributed by atoms with Crippen molar-refractivity contribution in [3.8, 4) is 0 Å². The number of thioether (sulfide) groups is 1. The van der Waals surface area contributed by atoms with Gasteiger partial charge in [0.2, 0.25) is 5.91 Å². The fourth-order valence-corrected chi connectivity index (χ4v) is 4.70. The number of aryl methyl sites for hydroxylation is 1. The van der Waals surface area contributed by atoms with Crippen LogP contribution in [0.4, 0.5) is 5.82 Å². The Morgan fingerprint density at radius 2 is 2.03 bits per heavy atom. The van der Waals surface area contributed by atoms with Gasteiger partial charge in [0.15, 0.2) is 10.9 Å². The zero-order chi connectivity index (χ0) is 23.2. The molecule has 0 spiro atoms. The first kappa shape index (κ1) is 23.6. The van der Waals surface area contributed by atoms with E-state index in [4.69, 9.17) is 14.1 Å². The average molecular weight is 474 g/mol. The second-order valence-electron chi connectivity index (χ2n) is 8.25.